The van der Waals surface area contributed by atoms with Gasteiger partial charge in [-0.3, -0.25) is 4.79 Å². The van der Waals surface area contributed by atoms with Gasteiger partial charge in [0.25, 0.3) is 0 Å². The molecule has 0 radical (unpaired) electrons. The molecule has 0 aromatic carbocycles. The highest BCUT2D eigenvalue weighted by atomic mass is 79.9. The molecule has 2 aromatic rings. The lowest BCUT2D eigenvalue weighted by Crippen LogP contribution is -1.96. The molecule has 0 spiro atoms. The quantitative estimate of drug-likeness (QED) is 0.773. The highest BCUT2D eigenvalue weighted by Gasteiger charge is 2.18. The number of carbonyl (C=O) groups is 1. The van der Waals surface area contributed by atoms with Crippen LogP contribution in [0, 0.1) is 0 Å². The van der Waals surface area contributed by atoms with Crippen LogP contribution in [-0.4, -0.2) is 5.78 Å². The van der Waals surface area contributed by atoms with E-state index in [1.807, 2.05) is 5.38 Å². The third-order valence-electron chi connectivity index (χ3n) is 1.64. The fourth-order valence-corrected chi connectivity index (χ4v) is 3.09. The fraction of sp³-hybridized carbons (Fsp3) is 0. The largest absolute Gasteiger partial charge is 0.461 e. The van der Waals surface area contributed by atoms with Crippen LogP contribution in [0.5, 0.6) is 0 Å². The lowest BCUT2D eigenvalue weighted by Gasteiger charge is -1.93. The van der Waals surface area contributed by atoms with E-state index in [2.05, 4.69) is 31.9 Å². The standard InChI is InChI=1S/C9H4Br2O2S/c10-5-4-14-9(7(5)11)8(12)6-2-1-3-13-6/h1-4H. The topological polar surface area (TPSA) is 30.2 Å². The highest BCUT2D eigenvalue weighted by molar-refractivity contribution is 9.13. The maximum atomic E-state index is 11.8. The molecule has 2 aromatic heterocycles. The number of furan rings is 1. The zero-order chi connectivity index (χ0) is 10.1. The first-order valence-corrected chi connectivity index (χ1v) is 6.17. The van der Waals surface area contributed by atoms with E-state index in [9.17, 15) is 4.79 Å². The lowest BCUT2D eigenvalue weighted by molar-refractivity contribution is 0.101. The maximum Gasteiger partial charge on any atom is 0.239 e. The van der Waals surface area contributed by atoms with Gasteiger partial charge in [-0.2, -0.15) is 0 Å². The van der Waals surface area contributed by atoms with Crippen molar-refractivity contribution in [1.82, 2.24) is 0 Å². The molecule has 2 rings (SSSR count). The zero-order valence-corrected chi connectivity index (χ0v) is 10.8. The molecule has 0 amide bonds. The number of hydrogen-bond donors (Lipinski definition) is 0. The van der Waals surface area contributed by atoms with Gasteiger partial charge in [0, 0.05) is 9.85 Å². The van der Waals surface area contributed by atoms with Crippen LogP contribution >= 0.6 is 43.2 Å². The van der Waals surface area contributed by atoms with Crippen LogP contribution in [0.3, 0.4) is 0 Å². The summed E-state index contributed by atoms with van der Waals surface area (Å²) in [4.78, 5) is 12.5. The van der Waals surface area contributed by atoms with Crippen LogP contribution in [0.2, 0.25) is 0 Å². The Morgan fingerprint density at radius 2 is 2.21 bits per heavy atom. The fourth-order valence-electron chi connectivity index (χ4n) is 0.995. The molecule has 72 valence electrons. The normalized spacial score (nSPS) is 10.4. The molecule has 0 aliphatic heterocycles. The van der Waals surface area contributed by atoms with Crippen molar-refractivity contribution in [2.45, 2.75) is 0 Å². The first-order valence-electron chi connectivity index (χ1n) is 3.71. The monoisotopic (exact) mass is 334 g/mol. The van der Waals surface area contributed by atoms with Crippen molar-refractivity contribution < 1.29 is 9.21 Å². The van der Waals surface area contributed by atoms with Gasteiger partial charge in [-0.05, 0) is 44.0 Å². The van der Waals surface area contributed by atoms with E-state index in [1.165, 1.54) is 17.6 Å². The van der Waals surface area contributed by atoms with E-state index in [0.29, 0.717) is 10.6 Å². The smallest absolute Gasteiger partial charge is 0.239 e. The Hall–Kier alpha value is -0.390. The minimum atomic E-state index is -0.0995. The van der Waals surface area contributed by atoms with Crippen molar-refractivity contribution in [2.75, 3.05) is 0 Å². The highest BCUT2D eigenvalue weighted by Crippen LogP contribution is 2.33. The Morgan fingerprint density at radius 1 is 1.43 bits per heavy atom. The van der Waals surface area contributed by atoms with E-state index in [0.717, 1.165) is 8.95 Å². The molecule has 0 fully saturated rings. The SMILES string of the molecule is O=C(c1ccco1)c1scc(Br)c1Br. The summed E-state index contributed by atoms with van der Waals surface area (Å²) in [6.45, 7) is 0. The van der Waals surface area contributed by atoms with Crippen molar-refractivity contribution in [3.63, 3.8) is 0 Å². The predicted octanol–water partition coefficient (Wildman–Crippen LogP) is 4.10. The molecule has 2 nitrogen and oxygen atoms in total. The summed E-state index contributed by atoms with van der Waals surface area (Å²) in [6.07, 6.45) is 1.49. The average molecular weight is 336 g/mol. The first kappa shape index (κ1) is 10.1. The Labute approximate surface area is 101 Å². The molecular formula is C9H4Br2O2S. The molecule has 0 atom stereocenters. The first-order chi connectivity index (χ1) is 6.70. The summed E-state index contributed by atoms with van der Waals surface area (Å²) in [5.41, 5.74) is 0. The van der Waals surface area contributed by atoms with Crippen molar-refractivity contribution >= 4 is 49.0 Å². The van der Waals surface area contributed by atoms with Gasteiger partial charge in [-0.1, -0.05) is 0 Å². The van der Waals surface area contributed by atoms with Gasteiger partial charge in [-0.25, -0.2) is 0 Å². The Bertz CT molecular complexity index is 459. The summed E-state index contributed by atoms with van der Waals surface area (Å²) in [5.74, 6) is 0.262. The van der Waals surface area contributed by atoms with Crippen LogP contribution in [-0.2, 0) is 0 Å². The Balaban J connectivity index is 2.42. The van der Waals surface area contributed by atoms with Crippen molar-refractivity contribution in [1.29, 1.82) is 0 Å². The molecule has 2 heterocycles. The number of halogens is 2. The van der Waals surface area contributed by atoms with Crippen molar-refractivity contribution in [2.24, 2.45) is 0 Å². The number of carbonyl (C=O) groups excluding carboxylic acids is 1. The molecule has 0 saturated heterocycles. The van der Waals surface area contributed by atoms with E-state index in [4.69, 9.17) is 4.42 Å². The molecule has 0 aliphatic carbocycles. The average Bonchev–Trinajstić information content (AvgIpc) is 2.77. The van der Waals surface area contributed by atoms with E-state index in [1.54, 1.807) is 12.1 Å². The summed E-state index contributed by atoms with van der Waals surface area (Å²) in [7, 11) is 0. The van der Waals surface area contributed by atoms with Crippen LogP contribution in [0.15, 0.2) is 37.1 Å². The van der Waals surface area contributed by atoms with Gasteiger partial charge in [-0.15, -0.1) is 11.3 Å². The van der Waals surface area contributed by atoms with E-state index >= 15 is 0 Å². The van der Waals surface area contributed by atoms with Crippen molar-refractivity contribution in [3.05, 3.63) is 43.4 Å². The predicted molar refractivity (Wildman–Crippen MR) is 61.9 cm³/mol. The number of hydrogen-bond acceptors (Lipinski definition) is 3. The molecule has 14 heavy (non-hydrogen) atoms. The van der Waals surface area contributed by atoms with Gasteiger partial charge in [0.1, 0.15) is 0 Å². The Kier molecular flexibility index (Phi) is 2.90. The van der Waals surface area contributed by atoms with E-state index < -0.39 is 0 Å². The van der Waals surface area contributed by atoms with Crippen LogP contribution in [0.4, 0.5) is 0 Å². The van der Waals surface area contributed by atoms with Gasteiger partial charge in [0.05, 0.1) is 15.6 Å². The summed E-state index contributed by atoms with van der Waals surface area (Å²) in [6, 6.07) is 3.35. The third-order valence-corrected chi connectivity index (χ3v) is 5.17. The summed E-state index contributed by atoms with van der Waals surface area (Å²) < 4.78 is 6.70. The molecule has 0 bridgehead atoms. The third kappa shape index (κ3) is 1.71. The van der Waals surface area contributed by atoms with Gasteiger partial charge < -0.3 is 4.42 Å². The molecule has 0 saturated carbocycles. The molecular weight excluding hydrogens is 332 g/mol. The summed E-state index contributed by atoms with van der Waals surface area (Å²) in [5, 5.41) is 1.86. The minimum Gasteiger partial charge on any atom is -0.461 e. The van der Waals surface area contributed by atoms with Crippen molar-refractivity contribution in [3.8, 4) is 0 Å². The molecule has 5 heteroatoms. The second-order valence-electron chi connectivity index (χ2n) is 2.53. The van der Waals surface area contributed by atoms with Gasteiger partial charge >= 0.3 is 0 Å². The lowest BCUT2D eigenvalue weighted by atomic mass is 10.2. The second-order valence-corrected chi connectivity index (χ2v) is 5.06. The van der Waals surface area contributed by atoms with Crippen LogP contribution < -0.4 is 0 Å². The number of rotatable bonds is 2. The number of ketones is 1. The van der Waals surface area contributed by atoms with Gasteiger partial charge in [0.2, 0.25) is 5.78 Å². The van der Waals surface area contributed by atoms with Crippen LogP contribution in [0.1, 0.15) is 15.4 Å². The second kappa shape index (κ2) is 4.00. The molecule has 0 unspecified atom stereocenters. The maximum absolute atomic E-state index is 11.8. The molecule has 0 aliphatic rings. The minimum absolute atomic E-state index is 0.0995. The zero-order valence-electron chi connectivity index (χ0n) is 6.79. The van der Waals surface area contributed by atoms with Gasteiger partial charge in [0.15, 0.2) is 5.76 Å². The number of thiophene rings is 1. The van der Waals surface area contributed by atoms with Crippen LogP contribution in [0.25, 0.3) is 0 Å². The Morgan fingerprint density at radius 3 is 2.71 bits per heavy atom. The van der Waals surface area contributed by atoms with E-state index in [-0.39, 0.29) is 5.78 Å². The molecule has 0 N–H and O–H groups in total. The summed E-state index contributed by atoms with van der Waals surface area (Å²) >= 11 is 8.04.